The molecule has 1 aromatic carbocycles. The van der Waals surface area contributed by atoms with Crippen molar-refractivity contribution in [3.63, 3.8) is 0 Å². The fourth-order valence-electron chi connectivity index (χ4n) is 3.21. The molecule has 0 fully saturated rings. The molecule has 0 unspecified atom stereocenters. The Kier molecular flexibility index (Phi) is 6.61. The fourth-order valence-corrected chi connectivity index (χ4v) is 4.77. The molecule has 4 rings (SSSR count). The number of hydrogen-bond acceptors (Lipinski definition) is 7. The molecule has 0 bridgehead atoms. The van der Waals surface area contributed by atoms with Gasteiger partial charge in [-0.25, -0.2) is 4.68 Å². The van der Waals surface area contributed by atoms with Gasteiger partial charge in [-0.3, -0.25) is 9.36 Å². The van der Waals surface area contributed by atoms with E-state index in [1.54, 1.807) is 35.4 Å². The van der Waals surface area contributed by atoms with Gasteiger partial charge in [-0.1, -0.05) is 30.0 Å². The Bertz CT molecular complexity index is 1200. The van der Waals surface area contributed by atoms with Crippen LogP contribution in [0.4, 0.5) is 5.82 Å². The van der Waals surface area contributed by atoms with E-state index in [4.69, 9.17) is 4.74 Å². The molecule has 0 saturated heterocycles. The summed E-state index contributed by atoms with van der Waals surface area (Å²) in [4.78, 5) is 13.9. The number of thioether (sulfide) groups is 1. The minimum Gasteiger partial charge on any atom is -0.495 e. The number of para-hydroxylation sites is 2. The summed E-state index contributed by atoms with van der Waals surface area (Å²) in [6, 6.07) is 13.6. The molecular weight excluding hydrogens is 444 g/mol. The quantitative estimate of drug-likeness (QED) is 0.370. The number of thiophene rings is 1. The highest BCUT2D eigenvalue weighted by atomic mass is 32.2. The Hall–Kier alpha value is -3.11. The minimum atomic E-state index is -0.417. The maximum absolute atomic E-state index is 12.9. The molecule has 0 saturated carbocycles. The predicted octanol–water partition coefficient (Wildman–Crippen LogP) is 4.90. The van der Waals surface area contributed by atoms with Gasteiger partial charge in [0.05, 0.1) is 29.1 Å². The van der Waals surface area contributed by atoms with Crippen molar-refractivity contribution in [1.29, 1.82) is 0 Å². The lowest BCUT2D eigenvalue weighted by atomic mass is 10.3. The van der Waals surface area contributed by atoms with Crippen molar-refractivity contribution in [3.8, 4) is 22.1 Å². The molecule has 32 heavy (non-hydrogen) atoms. The van der Waals surface area contributed by atoms with E-state index in [9.17, 15) is 4.79 Å². The molecule has 3 heterocycles. The van der Waals surface area contributed by atoms with Crippen LogP contribution in [-0.4, -0.2) is 42.8 Å². The topological polar surface area (TPSA) is 86.9 Å². The van der Waals surface area contributed by atoms with Crippen LogP contribution in [0.3, 0.4) is 0 Å². The van der Waals surface area contributed by atoms with Crippen LogP contribution in [0.1, 0.15) is 26.8 Å². The molecule has 4 aromatic rings. The van der Waals surface area contributed by atoms with E-state index in [0.29, 0.717) is 22.5 Å². The Labute approximate surface area is 194 Å². The molecule has 0 spiro atoms. The summed E-state index contributed by atoms with van der Waals surface area (Å²) in [6.07, 6.45) is 1.68. The number of ether oxygens (including phenoxy) is 1. The SMILES string of the molecule is COc1ccccc1-n1c(S[C@@H](C)C(=O)Nc2ccnn2C(C)C)nnc1-c1cccs1. The third-order valence-electron chi connectivity index (χ3n) is 4.76. The highest BCUT2D eigenvalue weighted by Crippen LogP contribution is 2.35. The average molecular weight is 469 g/mol. The fraction of sp³-hybridized carbons (Fsp3) is 0.273. The van der Waals surface area contributed by atoms with Gasteiger partial charge in [-0.2, -0.15) is 5.10 Å². The standard InChI is InChI=1S/C22H24N6O2S2/c1-14(2)28-19(11-12-23-28)24-21(29)15(3)32-22-26-25-20(18-10-7-13-31-18)27(22)16-8-5-6-9-17(16)30-4/h5-15H,1-4H3,(H,24,29)/t15-/m0/s1. The van der Waals surface area contributed by atoms with E-state index in [-0.39, 0.29) is 11.9 Å². The molecule has 10 heteroatoms. The lowest BCUT2D eigenvalue weighted by Gasteiger charge is -2.16. The normalized spacial score (nSPS) is 12.2. The predicted molar refractivity (Wildman–Crippen MR) is 128 cm³/mol. The summed E-state index contributed by atoms with van der Waals surface area (Å²) in [5, 5.41) is 18.3. The first-order chi connectivity index (χ1) is 15.5. The highest BCUT2D eigenvalue weighted by Gasteiger charge is 2.24. The molecule has 1 amide bonds. The Morgan fingerprint density at radius 1 is 1.12 bits per heavy atom. The van der Waals surface area contributed by atoms with Gasteiger partial charge in [0.2, 0.25) is 5.91 Å². The molecule has 8 nitrogen and oxygen atoms in total. The van der Waals surface area contributed by atoms with Crippen molar-refractivity contribution >= 4 is 34.8 Å². The monoisotopic (exact) mass is 468 g/mol. The van der Waals surface area contributed by atoms with Crippen LogP contribution in [0.15, 0.2) is 59.2 Å². The van der Waals surface area contributed by atoms with Gasteiger partial charge in [0.15, 0.2) is 11.0 Å². The second-order valence-electron chi connectivity index (χ2n) is 7.29. The first-order valence-electron chi connectivity index (χ1n) is 10.1. The number of hydrogen-bond donors (Lipinski definition) is 1. The maximum Gasteiger partial charge on any atom is 0.238 e. The molecule has 3 aromatic heterocycles. The van der Waals surface area contributed by atoms with Crippen molar-refractivity contribution in [2.45, 2.75) is 37.2 Å². The van der Waals surface area contributed by atoms with Crippen LogP contribution in [0.2, 0.25) is 0 Å². The van der Waals surface area contributed by atoms with Gasteiger partial charge < -0.3 is 10.1 Å². The van der Waals surface area contributed by atoms with E-state index in [1.165, 1.54) is 11.8 Å². The van der Waals surface area contributed by atoms with Crippen molar-refractivity contribution < 1.29 is 9.53 Å². The first-order valence-corrected chi connectivity index (χ1v) is 11.9. The molecule has 0 radical (unpaired) electrons. The van der Waals surface area contributed by atoms with Crippen LogP contribution in [0, 0.1) is 0 Å². The third-order valence-corrected chi connectivity index (χ3v) is 6.67. The van der Waals surface area contributed by atoms with Gasteiger partial charge in [-0.15, -0.1) is 21.5 Å². The minimum absolute atomic E-state index is 0.135. The number of methoxy groups -OCH3 is 1. The highest BCUT2D eigenvalue weighted by molar-refractivity contribution is 8.00. The van der Waals surface area contributed by atoms with Crippen LogP contribution in [0.5, 0.6) is 5.75 Å². The number of carbonyl (C=O) groups is 1. The van der Waals surface area contributed by atoms with Crippen LogP contribution >= 0.6 is 23.1 Å². The smallest absolute Gasteiger partial charge is 0.238 e. The Balaban J connectivity index is 1.65. The largest absolute Gasteiger partial charge is 0.495 e. The molecule has 1 N–H and O–H groups in total. The number of rotatable bonds is 8. The summed E-state index contributed by atoms with van der Waals surface area (Å²) in [7, 11) is 1.63. The second kappa shape index (κ2) is 9.58. The summed E-state index contributed by atoms with van der Waals surface area (Å²) >= 11 is 2.92. The molecule has 166 valence electrons. The zero-order valence-electron chi connectivity index (χ0n) is 18.2. The van der Waals surface area contributed by atoms with Gasteiger partial charge >= 0.3 is 0 Å². The lowest BCUT2D eigenvalue weighted by molar-refractivity contribution is -0.115. The molecule has 1 atom stereocenters. The summed E-state index contributed by atoms with van der Waals surface area (Å²) in [6.45, 7) is 5.88. The van der Waals surface area contributed by atoms with E-state index >= 15 is 0 Å². The number of nitrogens with one attached hydrogen (secondary N) is 1. The molecule has 0 aliphatic rings. The molecular formula is C22H24N6O2S2. The number of nitrogens with zero attached hydrogens (tertiary/aromatic N) is 5. The summed E-state index contributed by atoms with van der Waals surface area (Å²) in [5.74, 6) is 1.94. The van der Waals surface area contributed by atoms with E-state index in [0.717, 1.165) is 10.6 Å². The molecule has 0 aliphatic carbocycles. The van der Waals surface area contributed by atoms with E-state index in [1.807, 2.05) is 67.1 Å². The van der Waals surface area contributed by atoms with Gasteiger partial charge in [0.25, 0.3) is 0 Å². The molecule has 0 aliphatic heterocycles. The van der Waals surface area contributed by atoms with Crippen molar-refractivity contribution in [2.24, 2.45) is 0 Å². The van der Waals surface area contributed by atoms with Crippen molar-refractivity contribution in [3.05, 3.63) is 54.0 Å². The van der Waals surface area contributed by atoms with Crippen molar-refractivity contribution in [1.82, 2.24) is 24.5 Å². The van der Waals surface area contributed by atoms with E-state index in [2.05, 4.69) is 20.6 Å². The number of benzene rings is 1. The second-order valence-corrected chi connectivity index (χ2v) is 9.55. The Morgan fingerprint density at radius 2 is 1.94 bits per heavy atom. The summed E-state index contributed by atoms with van der Waals surface area (Å²) in [5.41, 5.74) is 0.816. The Morgan fingerprint density at radius 3 is 2.66 bits per heavy atom. The first kappa shape index (κ1) is 22.1. The number of amides is 1. The van der Waals surface area contributed by atoms with Gasteiger partial charge in [-0.05, 0) is 44.4 Å². The van der Waals surface area contributed by atoms with Crippen LogP contribution in [-0.2, 0) is 4.79 Å². The lowest BCUT2D eigenvalue weighted by Crippen LogP contribution is -2.25. The van der Waals surface area contributed by atoms with Gasteiger partial charge in [0, 0.05) is 12.1 Å². The maximum atomic E-state index is 12.9. The number of anilines is 1. The number of carbonyl (C=O) groups excluding carboxylic acids is 1. The zero-order chi connectivity index (χ0) is 22.7. The van der Waals surface area contributed by atoms with Crippen molar-refractivity contribution in [2.75, 3.05) is 12.4 Å². The average Bonchev–Trinajstić information content (AvgIpc) is 3.54. The van der Waals surface area contributed by atoms with Crippen LogP contribution < -0.4 is 10.1 Å². The van der Waals surface area contributed by atoms with E-state index < -0.39 is 5.25 Å². The summed E-state index contributed by atoms with van der Waals surface area (Å²) < 4.78 is 9.30. The third kappa shape index (κ3) is 4.42. The number of aromatic nitrogens is 5. The van der Waals surface area contributed by atoms with Crippen LogP contribution in [0.25, 0.3) is 16.4 Å². The zero-order valence-corrected chi connectivity index (χ0v) is 19.9. The van der Waals surface area contributed by atoms with Gasteiger partial charge in [0.1, 0.15) is 11.6 Å².